The van der Waals surface area contributed by atoms with Crippen LogP contribution < -0.4 is 23.8 Å². The highest BCUT2D eigenvalue weighted by Crippen LogP contribution is 2.31. The first-order chi connectivity index (χ1) is 15.9. The molecule has 0 fully saturated rings. The number of carbonyl (C=O) groups excluding carboxylic acids is 1. The molecule has 0 aliphatic carbocycles. The van der Waals surface area contributed by atoms with E-state index in [9.17, 15) is 13.2 Å². The van der Waals surface area contributed by atoms with Crippen molar-refractivity contribution >= 4 is 38.9 Å². The summed E-state index contributed by atoms with van der Waals surface area (Å²) >= 11 is 6.06. The molecule has 0 unspecified atom stereocenters. The summed E-state index contributed by atoms with van der Waals surface area (Å²) in [5.74, 6) is 1.24. The molecule has 1 aliphatic heterocycles. The van der Waals surface area contributed by atoms with Crippen LogP contribution in [0, 0.1) is 0 Å². The number of ether oxygens (including phenoxy) is 3. The summed E-state index contributed by atoms with van der Waals surface area (Å²) in [7, 11) is -2.37. The van der Waals surface area contributed by atoms with Crippen LogP contribution in [0.4, 0.5) is 11.4 Å². The van der Waals surface area contributed by atoms with E-state index in [-0.39, 0.29) is 22.4 Å². The first-order valence-electron chi connectivity index (χ1n) is 9.99. The quantitative estimate of drug-likeness (QED) is 0.541. The lowest BCUT2D eigenvalue weighted by Gasteiger charge is -2.29. The summed E-state index contributed by atoms with van der Waals surface area (Å²) in [6.07, 6.45) is 0. The minimum Gasteiger partial charge on any atom is -0.495 e. The number of anilines is 2. The lowest BCUT2D eigenvalue weighted by molar-refractivity contribution is -0.120. The highest BCUT2D eigenvalue weighted by molar-refractivity contribution is 7.92. The number of methoxy groups -OCH3 is 1. The SMILES string of the molecule is COc1ccc(NS(=O)(=O)c2ccc(OCC(=O)N3CCOc4ccccc43)cc2)cc1Cl. The molecule has 0 saturated carbocycles. The number of rotatable bonds is 7. The maximum atomic E-state index is 12.7. The number of carbonyl (C=O) groups is 1. The van der Waals surface area contributed by atoms with Crippen molar-refractivity contribution in [2.24, 2.45) is 0 Å². The van der Waals surface area contributed by atoms with Crippen molar-refractivity contribution in [2.75, 3.05) is 36.5 Å². The predicted molar refractivity (Wildman–Crippen MR) is 125 cm³/mol. The molecule has 8 nitrogen and oxygen atoms in total. The second kappa shape index (κ2) is 9.60. The van der Waals surface area contributed by atoms with E-state index in [1.807, 2.05) is 24.3 Å². The van der Waals surface area contributed by atoms with Crippen molar-refractivity contribution in [1.29, 1.82) is 0 Å². The van der Waals surface area contributed by atoms with E-state index in [1.54, 1.807) is 17.0 Å². The summed E-state index contributed by atoms with van der Waals surface area (Å²) in [5.41, 5.74) is 1.00. The fraction of sp³-hybridized carbons (Fsp3) is 0.174. The molecule has 3 aromatic rings. The Hall–Kier alpha value is -3.43. The van der Waals surface area contributed by atoms with Crippen molar-refractivity contribution in [1.82, 2.24) is 0 Å². The van der Waals surface area contributed by atoms with E-state index in [0.29, 0.717) is 41.8 Å². The molecule has 10 heteroatoms. The Balaban J connectivity index is 1.39. The molecular weight excluding hydrogens is 468 g/mol. The largest absolute Gasteiger partial charge is 0.495 e. The maximum absolute atomic E-state index is 12.7. The van der Waals surface area contributed by atoms with Gasteiger partial charge in [0.15, 0.2) is 6.61 Å². The summed E-state index contributed by atoms with van der Waals surface area (Å²) in [4.78, 5) is 14.3. The van der Waals surface area contributed by atoms with Gasteiger partial charge in [-0.25, -0.2) is 8.42 Å². The van der Waals surface area contributed by atoms with Gasteiger partial charge in [0.1, 0.15) is 23.9 Å². The number of para-hydroxylation sites is 2. The number of fused-ring (bicyclic) bond motifs is 1. The van der Waals surface area contributed by atoms with E-state index in [1.165, 1.54) is 37.4 Å². The zero-order chi connectivity index (χ0) is 23.4. The van der Waals surface area contributed by atoms with Crippen LogP contribution in [0.3, 0.4) is 0 Å². The molecule has 0 aromatic heterocycles. The number of nitrogens with zero attached hydrogens (tertiary/aromatic N) is 1. The number of hydrogen-bond donors (Lipinski definition) is 1. The summed E-state index contributed by atoms with van der Waals surface area (Å²) in [5, 5.41) is 0.286. The maximum Gasteiger partial charge on any atom is 0.265 e. The third-order valence-corrected chi connectivity index (χ3v) is 6.62. The van der Waals surface area contributed by atoms with Crippen molar-refractivity contribution in [3.05, 3.63) is 71.8 Å². The molecule has 3 aromatic carbocycles. The minimum absolute atomic E-state index is 0.0372. The third-order valence-electron chi connectivity index (χ3n) is 4.93. The van der Waals surface area contributed by atoms with Gasteiger partial charge in [0.2, 0.25) is 0 Å². The number of sulfonamides is 1. The fourth-order valence-electron chi connectivity index (χ4n) is 3.31. The van der Waals surface area contributed by atoms with Crippen LogP contribution in [0.1, 0.15) is 0 Å². The van der Waals surface area contributed by atoms with Gasteiger partial charge in [-0.1, -0.05) is 23.7 Å². The zero-order valence-electron chi connectivity index (χ0n) is 17.7. The lowest BCUT2D eigenvalue weighted by atomic mass is 10.2. The van der Waals surface area contributed by atoms with Gasteiger partial charge in [0.05, 0.1) is 34.9 Å². The van der Waals surface area contributed by atoms with Crippen molar-refractivity contribution in [3.8, 4) is 17.2 Å². The number of nitrogens with one attached hydrogen (secondary N) is 1. The predicted octanol–water partition coefficient (Wildman–Crippen LogP) is 3.95. The summed E-state index contributed by atoms with van der Waals surface area (Å²) in [6.45, 7) is 0.641. The second-order valence-electron chi connectivity index (χ2n) is 7.08. The molecule has 1 heterocycles. The summed E-state index contributed by atoms with van der Waals surface area (Å²) in [6, 6.07) is 17.7. The molecule has 1 amide bonds. The minimum atomic E-state index is -3.84. The van der Waals surface area contributed by atoms with Gasteiger partial charge in [0.25, 0.3) is 15.9 Å². The number of halogens is 1. The summed E-state index contributed by atoms with van der Waals surface area (Å²) < 4.78 is 44.0. The Morgan fingerprint density at radius 1 is 1.12 bits per heavy atom. The Bertz CT molecular complexity index is 1260. The smallest absolute Gasteiger partial charge is 0.265 e. The molecule has 4 rings (SSSR count). The molecule has 0 atom stereocenters. The first-order valence-corrected chi connectivity index (χ1v) is 11.8. The molecule has 1 N–H and O–H groups in total. The Labute approximate surface area is 196 Å². The van der Waals surface area contributed by atoms with E-state index >= 15 is 0 Å². The highest BCUT2D eigenvalue weighted by atomic mass is 35.5. The molecule has 0 saturated heterocycles. The topological polar surface area (TPSA) is 94.2 Å². The van der Waals surface area contributed by atoms with E-state index in [4.69, 9.17) is 25.8 Å². The van der Waals surface area contributed by atoms with E-state index in [2.05, 4.69) is 4.72 Å². The zero-order valence-corrected chi connectivity index (χ0v) is 19.2. The lowest BCUT2D eigenvalue weighted by Crippen LogP contribution is -2.40. The average Bonchev–Trinajstić information content (AvgIpc) is 2.82. The van der Waals surface area contributed by atoms with E-state index < -0.39 is 10.0 Å². The fourth-order valence-corrected chi connectivity index (χ4v) is 4.62. The average molecular weight is 489 g/mol. The van der Waals surface area contributed by atoms with Gasteiger partial charge in [-0.2, -0.15) is 0 Å². The van der Waals surface area contributed by atoms with Crippen LogP contribution in [0.5, 0.6) is 17.2 Å². The molecule has 172 valence electrons. The van der Waals surface area contributed by atoms with Crippen LogP contribution in [0.15, 0.2) is 71.6 Å². The number of benzene rings is 3. The highest BCUT2D eigenvalue weighted by Gasteiger charge is 2.23. The molecule has 33 heavy (non-hydrogen) atoms. The van der Waals surface area contributed by atoms with Crippen LogP contribution in [-0.4, -0.2) is 41.2 Å². The van der Waals surface area contributed by atoms with Crippen molar-refractivity contribution in [3.63, 3.8) is 0 Å². The van der Waals surface area contributed by atoms with Crippen LogP contribution in [-0.2, 0) is 14.8 Å². The second-order valence-corrected chi connectivity index (χ2v) is 9.17. The van der Waals surface area contributed by atoms with Crippen molar-refractivity contribution in [2.45, 2.75) is 4.90 Å². The van der Waals surface area contributed by atoms with Gasteiger partial charge in [-0.3, -0.25) is 9.52 Å². The standard InChI is InChI=1S/C23H21ClN2O6S/c1-30-21-11-6-16(14-19(21)24)25-33(28,29)18-9-7-17(8-10-18)32-15-23(27)26-12-13-31-22-5-3-2-4-20(22)26/h2-11,14,25H,12-13,15H2,1H3. The Kier molecular flexibility index (Phi) is 6.62. The van der Waals surface area contributed by atoms with Gasteiger partial charge in [0, 0.05) is 0 Å². The third kappa shape index (κ3) is 5.15. The van der Waals surface area contributed by atoms with Gasteiger partial charge >= 0.3 is 0 Å². The molecule has 1 aliphatic rings. The van der Waals surface area contributed by atoms with Crippen LogP contribution in [0.2, 0.25) is 5.02 Å². The molecular formula is C23H21ClN2O6S. The van der Waals surface area contributed by atoms with Gasteiger partial charge in [-0.15, -0.1) is 0 Å². The van der Waals surface area contributed by atoms with Crippen molar-refractivity contribution < 1.29 is 27.4 Å². The Morgan fingerprint density at radius 2 is 1.88 bits per heavy atom. The van der Waals surface area contributed by atoms with Crippen LogP contribution >= 0.6 is 11.6 Å². The van der Waals surface area contributed by atoms with E-state index in [0.717, 1.165) is 0 Å². The number of amides is 1. The Morgan fingerprint density at radius 3 is 2.61 bits per heavy atom. The van der Waals surface area contributed by atoms with Gasteiger partial charge in [-0.05, 0) is 54.6 Å². The number of hydrogen-bond acceptors (Lipinski definition) is 6. The normalized spacial score (nSPS) is 13.0. The molecule has 0 bridgehead atoms. The first kappa shape index (κ1) is 22.8. The van der Waals surface area contributed by atoms with Gasteiger partial charge < -0.3 is 19.1 Å². The monoisotopic (exact) mass is 488 g/mol. The molecule has 0 radical (unpaired) electrons. The van der Waals surface area contributed by atoms with Crippen LogP contribution in [0.25, 0.3) is 0 Å². The molecule has 0 spiro atoms.